The van der Waals surface area contributed by atoms with Crippen molar-refractivity contribution in [2.24, 2.45) is 16.1 Å². The number of nitrogens with zero attached hydrogens (tertiary/aromatic N) is 4. The van der Waals surface area contributed by atoms with Crippen molar-refractivity contribution in [2.45, 2.75) is 91.5 Å². The van der Waals surface area contributed by atoms with Gasteiger partial charge in [0.05, 0.1) is 5.39 Å². The second kappa shape index (κ2) is 12.7. The molecular formula is C40H51N5+2. The number of aliphatic imine (C=N–C) groups is 1. The average Bonchev–Trinajstić information content (AvgIpc) is 3.05. The van der Waals surface area contributed by atoms with Gasteiger partial charge in [0.2, 0.25) is 5.69 Å². The summed E-state index contributed by atoms with van der Waals surface area (Å²) in [7, 11) is 1.83. The molecule has 0 radical (unpaired) electrons. The molecule has 1 aliphatic heterocycles. The van der Waals surface area contributed by atoms with Gasteiger partial charge in [0.1, 0.15) is 16.9 Å². The van der Waals surface area contributed by atoms with Crippen molar-refractivity contribution in [3.05, 3.63) is 108 Å². The van der Waals surface area contributed by atoms with Gasteiger partial charge < -0.3 is 5.73 Å². The Bertz CT molecular complexity index is 1790. The lowest BCUT2D eigenvalue weighted by Crippen LogP contribution is -2.68. The van der Waals surface area contributed by atoms with Gasteiger partial charge in [-0.2, -0.15) is 4.57 Å². The molecule has 4 aromatic rings. The third-order valence-corrected chi connectivity index (χ3v) is 10.2. The molecule has 234 valence electrons. The number of benzene rings is 2. The van der Waals surface area contributed by atoms with Gasteiger partial charge in [-0.05, 0) is 66.1 Å². The molecule has 2 unspecified atom stereocenters. The van der Waals surface area contributed by atoms with Gasteiger partial charge in [-0.3, -0.25) is 4.99 Å². The van der Waals surface area contributed by atoms with Crippen LogP contribution in [-0.2, 0) is 17.4 Å². The number of unbranched alkanes of at least 4 members (excludes halogenated alkanes) is 1. The zero-order valence-corrected chi connectivity index (χ0v) is 28.6. The predicted octanol–water partition coefficient (Wildman–Crippen LogP) is 8.08. The van der Waals surface area contributed by atoms with Crippen molar-refractivity contribution in [3.63, 3.8) is 0 Å². The molecular weight excluding hydrogens is 550 g/mol. The molecule has 5 heteroatoms. The second-order valence-electron chi connectivity index (χ2n) is 13.7. The first-order chi connectivity index (χ1) is 21.5. The third-order valence-electron chi connectivity index (χ3n) is 10.2. The van der Waals surface area contributed by atoms with Crippen LogP contribution in [0.25, 0.3) is 28.4 Å². The van der Waals surface area contributed by atoms with Gasteiger partial charge >= 0.3 is 0 Å². The lowest BCUT2D eigenvalue weighted by Gasteiger charge is -2.48. The number of aryl methyl sites for hydroxylation is 1. The molecule has 45 heavy (non-hydrogen) atoms. The fourth-order valence-corrected chi connectivity index (χ4v) is 7.04. The van der Waals surface area contributed by atoms with E-state index in [9.17, 15) is 0 Å². The van der Waals surface area contributed by atoms with Gasteiger partial charge in [-0.1, -0.05) is 85.2 Å². The molecule has 0 fully saturated rings. The molecule has 0 saturated heterocycles. The van der Waals surface area contributed by atoms with E-state index in [1.54, 1.807) is 0 Å². The summed E-state index contributed by atoms with van der Waals surface area (Å²) in [5.41, 5.74) is 14.8. The first-order valence-corrected chi connectivity index (χ1v) is 16.6. The Hall–Kier alpha value is -4.12. The van der Waals surface area contributed by atoms with Gasteiger partial charge in [-0.15, -0.1) is 0 Å². The van der Waals surface area contributed by atoms with Crippen LogP contribution in [-0.4, -0.2) is 17.7 Å². The summed E-state index contributed by atoms with van der Waals surface area (Å²) in [6.07, 6.45) is 16.2. The maximum absolute atomic E-state index is 6.52. The number of fused-ring (bicyclic) bond motifs is 5. The first-order valence-electron chi connectivity index (χ1n) is 16.6. The van der Waals surface area contributed by atoms with E-state index < -0.39 is 0 Å². The zero-order chi connectivity index (χ0) is 32.4. The highest BCUT2D eigenvalue weighted by Crippen LogP contribution is 2.51. The SMILES string of the molecule is CCCCc1ccc2c3[n+](cnc2c1)C(C=C[n+]1ccccc1C(C=C(N)C(C)(C)C)=NC)(CC)C(C)(CC)c1ccccc1-3. The van der Waals surface area contributed by atoms with Crippen LogP contribution in [0.1, 0.15) is 91.0 Å². The Morgan fingerprint density at radius 3 is 2.44 bits per heavy atom. The minimum absolute atomic E-state index is 0.150. The number of nitrogens with two attached hydrogens (primary N) is 1. The van der Waals surface area contributed by atoms with Crippen molar-refractivity contribution in [1.82, 2.24) is 4.98 Å². The van der Waals surface area contributed by atoms with E-state index in [0.717, 1.165) is 41.9 Å². The first kappa shape index (κ1) is 32.3. The highest BCUT2D eigenvalue weighted by Gasteiger charge is 2.56. The number of rotatable bonds is 9. The van der Waals surface area contributed by atoms with Gasteiger partial charge in [-0.25, -0.2) is 4.57 Å². The van der Waals surface area contributed by atoms with E-state index in [2.05, 4.69) is 148 Å². The normalized spacial score (nSPS) is 20.4. The van der Waals surface area contributed by atoms with Gasteiger partial charge in [0, 0.05) is 47.3 Å². The van der Waals surface area contributed by atoms with E-state index in [1.165, 1.54) is 40.6 Å². The second-order valence-corrected chi connectivity index (χ2v) is 13.7. The molecule has 0 aliphatic carbocycles. The molecule has 0 spiro atoms. The molecule has 2 N–H and O–H groups in total. The van der Waals surface area contributed by atoms with E-state index in [1.807, 2.05) is 13.1 Å². The molecule has 5 rings (SSSR count). The van der Waals surface area contributed by atoms with Crippen molar-refractivity contribution >= 4 is 22.8 Å². The van der Waals surface area contributed by atoms with Crippen LogP contribution >= 0.6 is 0 Å². The Labute approximate surface area is 270 Å². The fourth-order valence-electron chi connectivity index (χ4n) is 7.04. The fraction of sp³-hybridized carbons (Fsp3) is 0.400. The molecule has 1 aliphatic rings. The van der Waals surface area contributed by atoms with Crippen molar-refractivity contribution in [3.8, 4) is 11.3 Å². The minimum Gasteiger partial charge on any atom is -0.402 e. The summed E-state index contributed by atoms with van der Waals surface area (Å²) in [5.74, 6) is 0. The maximum atomic E-state index is 6.52. The maximum Gasteiger partial charge on any atom is 0.288 e. The van der Waals surface area contributed by atoms with Crippen LogP contribution < -0.4 is 14.9 Å². The zero-order valence-electron chi connectivity index (χ0n) is 28.6. The minimum atomic E-state index is -0.378. The van der Waals surface area contributed by atoms with Gasteiger partial charge in [0.15, 0.2) is 17.9 Å². The molecule has 2 aromatic carbocycles. The molecule has 2 atom stereocenters. The number of hydrogen-bond donors (Lipinski definition) is 1. The van der Waals surface area contributed by atoms with Gasteiger partial charge in [0.25, 0.3) is 6.33 Å². The largest absolute Gasteiger partial charge is 0.402 e. The molecule has 0 saturated carbocycles. The van der Waals surface area contributed by atoms with E-state index in [-0.39, 0.29) is 16.4 Å². The monoisotopic (exact) mass is 601 g/mol. The third kappa shape index (κ3) is 5.62. The summed E-state index contributed by atoms with van der Waals surface area (Å²) in [6.45, 7) is 15.7. The predicted molar refractivity (Wildman–Crippen MR) is 188 cm³/mol. The Balaban J connectivity index is 1.74. The van der Waals surface area contributed by atoms with Crippen LogP contribution in [0.2, 0.25) is 0 Å². The summed E-state index contributed by atoms with van der Waals surface area (Å²) in [4.78, 5) is 9.80. The summed E-state index contributed by atoms with van der Waals surface area (Å²) in [6, 6.07) is 22.1. The molecule has 3 heterocycles. The molecule has 0 amide bonds. The molecule has 0 bridgehead atoms. The Morgan fingerprint density at radius 2 is 1.76 bits per heavy atom. The number of pyridine rings is 1. The summed E-state index contributed by atoms with van der Waals surface area (Å²) >= 11 is 0. The average molecular weight is 602 g/mol. The smallest absolute Gasteiger partial charge is 0.288 e. The van der Waals surface area contributed by atoms with Crippen molar-refractivity contribution in [1.29, 1.82) is 0 Å². The summed E-state index contributed by atoms with van der Waals surface area (Å²) in [5, 5.41) is 1.20. The van der Waals surface area contributed by atoms with Crippen LogP contribution in [0.4, 0.5) is 0 Å². The Morgan fingerprint density at radius 1 is 1.00 bits per heavy atom. The number of aromatic nitrogens is 3. The van der Waals surface area contributed by atoms with Crippen LogP contribution in [0.15, 0.2) is 96.0 Å². The topological polar surface area (TPSA) is 59.0 Å². The summed E-state index contributed by atoms with van der Waals surface area (Å²) < 4.78 is 4.65. The van der Waals surface area contributed by atoms with Crippen molar-refractivity contribution < 1.29 is 9.13 Å². The molecule has 5 nitrogen and oxygen atoms in total. The van der Waals surface area contributed by atoms with Crippen LogP contribution in [0, 0.1) is 5.41 Å². The lowest BCUT2D eigenvalue weighted by molar-refractivity contribution is -0.758. The van der Waals surface area contributed by atoms with Crippen LogP contribution in [0.3, 0.4) is 0 Å². The highest BCUT2D eigenvalue weighted by atomic mass is 15.1. The number of allylic oxidation sites excluding steroid dienone is 3. The quantitative estimate of drug-likeness (QED) is 0.156. The van der Waals surface area contributed by atoms with E-state index in [4.69, 9.17) is 10.7 Å². The standard InChI is InChI=1S/C40H51N5/c1-9-12-17-29-21-22-31-33(26-29)43-28-45-37(31)30-18-13-14-19-32(30)39(7,10-2)40(45,11-3)23-25-44-24-16-15-20-35(44)34(42-8)27-36(41)38(4,5)6/h13-16,18-28H,9-12,17,41H2,1-8H3/q+2. The van der Waals surface area contributed by atoms with E-state index in [0.29, 0.717) is 0 Å². The lowest BCUT2D eigenvalue weighted by atomic mass is 9.59. The number of hydrogen-bond acceptors (Lipinski definition) is 3. The van der Waals surface area contributed by atoms with Crippen molar-refractivity contribution in [2.75, 3.05) is 7.05 Å². The molecule has 2 aromatic heterocycles. The van der Waals surface area contributed by atoms with Crippen LogP contribution in [0.5, 0.6) is 0 Å². The van der Waals surface area contributed by atoms with E-state index >= 15 is 0 Å². The highest BCUT2D eigenvalue weighted by molar-refractivity contribution is 6.06. The Kier molecular flexibility index (Phi) is 9.11.